The van der Waals surface area contributed by atoms with Crippen molar-refractivity contribution >= 4 is 21.6 Å². The zero-order chi connectivity index (χ0) is 14.0. The van der Waals surface area contributed by atoms with Crippen LogP contribution in [-0.2, 0) is 6.18 Å². The van der Waals surface area contributed by atoms with Gasteiger partial charge in [-0.2, -0.15) is 13.2 Å². The fourth-order valence-electron chi connectivity index (χ4n) is 2.56. The van der Waals surface area contributed by atoms with Crippen LogP contribution in [0.5, 0.6) is 0 Å². The third kappa shape index (κ3) is 3.63. The Labute approximate surface area is 118 Å². The first-order valence-corrected chi connectivity index (χ1v) is 7.04. The van der Waals surface area contributed by atoms with E-state index < -0.39 is 11.7 Å². The molecule has 19 heavy (non-hydrogen) atoms. The van der Waals surface area contributed by atoms with Gasteiger partial charge in [-0.25, -0.2) is 0 Å². The number of nitrogens with one attached hydrogen (secondary N) is 1. The first kappa shape index (κ1) is 14.7. The molecule has 1 aliphatic rings. The molecule has 2 nitrogen and oxygen atoms in total. The van der Waals surface area contributed by atoms with Crippen molar-refractivity contribution in [3.63, 3.8) is 0 Å². The molecule has 1 saturated carbocycles. The van der Waals surface area contributed by atoms with E-state index in [1.54, 1.807) is 6.07 Å². The van der Waals surface area contributed by atoms with Crippen LogP contribution in [0.25, 0.3) is 0 Å². The van der Waals surface area contributed by atoms with Gasteiger partial charge in [-0.3, -0.25) is 0 Å². The van der Waals surface area contributed by atoms with Gasteiger partial charge in [0.1, 0.15) is 0 Å². The van der Waals surface area contributed by atoms with Crippen LogP contribution in [0.15, 0.2) is 22.7 Å². The summed E-state index contributed by atoms with van der Waals surface area (Å²) in [5.74, 6) is 0.341. The molecule has 0 heterocycles. The molecular weight excluding hydrogens is 321 g/mol. The molecule has 1 aromatic rings. The van der Waals surface area contributed by atoms with E-state index in [2.05, 4.69) is 21.2 Å². The average Bonchev–Trinajstić information content (AvgIpc) is 2.74. The zero-order valence-corrected chi connectivity index (χ0v) is 11.9. The van der Waals surface area contributed by atoms with Gasteiger partial charge in [0.2, 0.25) is 0 Å². The highest BCUT2D eigenvalue weighted by Gasteiger charge is 2.32. The van der Waals surface area contributed by atoms with Crippen LogP contribution in [0.1, 0.15) is 24.8 Å². The van der Waals surface area contributed by atoms with Crippen molar-refractivity contribution in [3.05, 3.63) is 28.2 Å². The second-order valence-electron chi connectivity index (χ2n) is 4.90. The fourth-order valence-corrected chi connectivity index (χ4v) is 3.05. The quantitative estimate of drug-likeness (QED) is 0.875. The summed E-state index contributed by atoms with van der Waals surface area (Å²) in [5.41, 5.74) is 5.52. The Bertz CT molecular complexity index is 448. The highest BCUT2D eigenvalue weighted by molar-refractivity contribution is 9.10. The standard InChI is InChI=1S/C13H16BrF3N2/c14-10-4-9(13(15,16)17)5-11(6-10)19-12-3-1-2-8(12)7-18/h4-6,8,12,19H,1-3,7,18H2. The Balaban J connectivity index is 2.18. The first-order chi connectivity index (χ1) is 8.90. The van der Waals surface area contributed by atoms with E-state index in [0.717, 1.165) is 31.4 Å². The second-order valence-corrected chi connectivity index (χ2v) is 5.82. The van der Waals surface area contributed by atoms with E-state index in [4.69, 9.17) is 5.73 Å². The van der Waals surface area contributed by atoms with Gasteiger partial charge in [0.25, 0.3) is 0 Å². The molecule has 0 saturated heterocycles. The Morgan fingerprint density at radius 3 is 2.63 bits per heavy atom. The van der Waals surface area contributed by atoms with Gasteiger partial charge < -0.3 is 11.1 Å². The minimum atomic E-state index is -4.33. The lowest BCUT2D eigenvalue weighted by Gasteiger charge is -2.21. The van der Waals surface area contributed by atoms with Gasteiger partial charge in [-0.1, -0.05) is 22.4 Å². The summed E-state index contributed by atoms with van der Waals surface area (Å²) >= 11 is 3.12. The van der Waals surface area contributed by atoms with Gasteiger partial charge >= 0.3 is 6.18 Å². The molecule has 1 aromatic carbocycles. The fraction of sp³-hybridized carbons (Fsp3) is 0.538. The summed E-state index contributed by atoms with van der Waals surface area (Å²) < 4.78 is 38.6. The average molecular weight is 337 g/mol. The van der Waals surface area contributed by atoms with Crippen LogP contribution in [0.4, 0.5) is 18.9 Å². The van der Waals surface area contributed by atoms with Crippen LogP contribution in [-0.4, -0.2) is 12.6 Å². The Morgan fingerprint density at radius 2 is 2.00 bits per heavy atom. The van der Waals surface area contributed by atoms with Crippen molar-refractivity contribution < 1.29 is 13.2 Å². The summed E-state index contributed by atoms with van der Waals surface area (Å²) in [5, 5.41) is 3.19. The molecule has 0 radical (unpaired) electrons. The molecule has 0 bridgehead atoms. The summed E-state index contributed by atoms with van der Waals surface area (Å²) in [6.45, 7) is 0.567. The van der Waals surface area contributed by atoms with Gasteiger partial charge in [0.15, 0.2) is 0 Å². The Hall–Kier alpha value is -0.750. The van der Waals surface area contributed by atoms with Crippen molar-refractivity contribution in [1.82, 2.24) is 0 Å². The molecule has 0 aliphatic heterocycles. The number of hydrogen-bond donors (Lipinski definition) is 2. The van der Waals surface area contributed by atoms with Crippen molar-refractivity contribution in [2.24, 2.45) is 11.7 Å². The molecule has 2 unspecified atom stereocenters. The topological polar surface area (TPSA) is 38.0 Å². The van der Waals surface area contributed by atoms with E-state index in [1.807, 2.05) is 0 Å². The third-order valence-corrected chi connectivity index (χ3v) is 4.00. The Kier molecular flexibility index (Phi) is 4.40. The molecule has 3 N–H and O–H groups in total. The van der Waals surface area contributed by atoms with Gasteiger partial charge in [-0.05, 0) is 43.5 Å². The maximum atomic E-state index is 12.7. The van der Waals surface area contributed by atoms with Crippen molar-refractivity contribution in [2.75, 3.05) is 11.9 Å². The van der Waals surface area contributed by atoms with Crippen molar-refractivity contribution in [3.8, 4) is 0 Å². The summed E-state index contributed by atoms with van der Waals surface area (Å²) in [7, 11) is 0. The van der Waals surface area contributed by atoms with Gasteiger partial charge in [-0.15, -0.1) is 0 Å². The molecule has 0 amide bonds. The molecular formula is C13H16BrF3N2. The highest BCUT2D eigenvalue weighted by atomic mass is 79.9. The number of hydrogen-bond acceptors (Lipinski definition) is 2. The number of benzene rings is 1. The van der Waals surface area contributed by atoms with Gasteiger partial charge in [0.05, 0.1) is 5.56 Å². The minimum Gasteiger partial charge on any atom is -0.382 e. The van der Waals surface area contributed by atoms with E-state index in [0.29, 0.717) is 22.6 Å². The Morgan fingerprint density at radius 1 is 1.26 bits per heavy atom. The van der Waals surface area contributed by atoms with Crippen LogP contribution in [0, 0.1) is 5.92 Å². The maximum absolute atomic E-state index is 12.7. The van der Waals surface area contributed by atoms with E-state index in [-0.39, 0.29) is 6.04 Å². The third-order valence-electron chi connectivity index (χ3n) is 3.54. The summed E-state index contributed by atoms with van der Waals surface area (Å²) in [6, 6.07) is 4.07. The predicted octanol–water partition coefficient (Wildman–Crippen LogP) is 4.01. The zero-order valence-electron chi connectivity index (χ0n) is 10.3. The van der Waals surface area contributed by atoms with Gasteiger partial charge in [0, 0.05) is 16.2 Å². The molecule has 1 fully saturated rings. The van der Waals surface area contributed by atoms with Crippen LogP contribution in [0.3, 0.4) is 0 Å². The largest absolute Gasteiger partial charge is 0.416 e. The monoisotopic (exact) mass is 336 g/mol. The highest BCUT2D eigenvalue weighted by Crippen LogP contribution is 2.35. The van der Waals surface area contributed by atoms with Crippen molar-refractivity contribution in [1.29, 1.82) is 0 Å². The molecule has 106 valence electrons. The molecule has 2 rings (SSSR count). The van der Waals surface area contributed by atoms with Crippen molar-refractivity contribution in [2.45, 2.75) is 31.5 Å². The lowest BCUT2D eigenvalue weighted by atomic mass is 10.0. The predicted molar refractivity (Wildman–Crippen MR) is 73.0 cm³/mol. The normalized spacial score (nSPS) is 23.6. The van der Waals surface area contributed by atoms with E-state index >= 15 is 0 Å². The van der Waals surface area contributed by atoms with E-state index in [9.17, 15) is 13.2 Å². The minimum absolute atomic E-state index is 0.167. The molecule has 2 atom stereocenters. The molecule has 6 heteroatoms. The van der Waals surface area contributed by atoms with Crippen LogP contribution < -0.4 is 11.1 Å². The lowest BCUT2D eigenvalue weighted by molar-refractivity contribution is -0.137. The molecule has 1 aliphatic carbocycles. The number of alkyl halides is 3. The summed E-state index contributed by atoms with van der Waals surface area (Å²) in [4.78, 5) is 0. The summed E-state index contributed by atoms with van der Waals surface area (Å²) in [6.07, 6.45) is -1.27. The smallest absolute Gasteiger partial charge is 0.382 e. The van der Waals surface area contributed by atoms with E-state index in [1.165, 1.54) is 0 Å². The number of halogens is 4. The maximum Gasteiger partial charge on any atom is 0.416 e. The van der Waals surface area contributed by atoms with Crippen LogP contribution in [0.2, 0.25) is 0 Å². The second kappa shape index (κ2) is 5.71. The number of rotatable bonds is 3. The first-order valence-electron chi connectivity index (χ1n) is 6.24. The number of nitrogens with two attached hydrogens (primary N) is 1. The molecule has 0 aromatic heterocycles. The number of anilines is 1. The van der Waals surface area contributed by atoms with Crippen LogP contribution >= 0.6 is 15.9 Å². The molecule has 0 spiro atoms. The lowest BCUT2D eigenvalue weighted by Crippen LogP contribution is -2.29. The SMILES string of the molecule is NCC1CCCC1Nc1cc(Br)cc(C(F)(F)F)c1.